The molecular formula is C29H59N2O6P. The normalized spacial score (nSPS) is 16.1. The molecule has 0 amide bonds. The molecule has 1 N–H and O–H groups in total. The molecule has 0 bridgehead atoms. The van der Waals surface area contributed by atoms with Crippen molar-refractivity contribution in [1.29, 1.82) is 0 Å². The van der Waals surface area contributed by atoms with E-state index in [1.807, 2.05) is 0 Å². The second-order valence-corrected chi connectivity index (χ2v) is 12.9. The van der Waals surface area contributed by atoms with Crippen molar-refractivity contribution in [3.63, 3.8) is 0 Å². The summed E-state index contributed by atoms with van der Waals surface area (Å²) in [5.41, 5.74) is 0. The van der Waals surface area contributed by atoms with E-state index >= 15 is 0 Å². The molecule has 0 fully saturated rings. The van der Waals surface area contributed by atoms with Gasteiger partial charge in [0.25, 0.3) is 0 Å². The van der Waals surface area contributed by atoms with E-state index in [0.29, 0.717) is 24.3 Å². The average molecular weight is 563 g/mol. The lowest BCUT2D eigenvalue weighted by Crippen LogP contribution is -2.30. The highest BCUT2D eigenvalue weighted by Gasteiger charge is 2.26. The molecule has 0 aliphatic carbocycles. The molecule has 0 aromatic heterocycles. The van der Waals surface area contributed by atoms with Crippen LogP contribution in [-0.2, 0) is 23.4 Å². The summed E-state index contributed by atoms with van der Waals surface area (Å²) in [6.07, 6.45) is 15.2. The Labute approximate surface area is 233 Å². The minimum Gasteiger partial charge on any atom is -0.457 e. The highest BCUT2D eigenvalue weighted by atomic mass is 31.2. The third kappa shape index (κ3) is 20.9. The molecular weight excluding hydrogens is 503 g/mol. The van der Waals surface area contributed by atoms with E-state index in [1.54, 1.807) is 33.0 Å². The van der Waals surface area contributed by atoms with Gasteiger partial charge in [0.1, 0.15) is 18.1 Å². The van der Waals surface area contributed by atoms with Crippen molar-refractivity contribution in [2.75, 3.05) is 47.1 Å². The largest absolute Gasteiger partial charge is 0.457 e. The van der Waals surface area contributed by atoms with Gasteiger partial charge in [0.15, 0.2) is 0 Å². The molecule has 4 unspecified atom stereocenters. The number of esters is 1. The third-order valence-electron chi connectivity index (χ3n) is 6.73. The summed E-state index contributed by atoms with van der Waals surface area (Å²) in [5, 5.41) is 0. The van der Waals surface area contributed by atoms with Crippen LogP contribution in [0.2, 0.25) is 0 Å². The number of carbonyl (C=O) groups excluding carboxylic acids is 1. The summed E-state index contributed by atoms with van der Waals surface area (Å²) in [4.78, 5) is 27.8. The van der Waals surface area contributed by atoms with E-state index in [0.717, 1.165) is 6.42 Å². The van der Waals surface area contributed by atoms with Crippen LogP contribution in [0.1, 0.15) is 111 Å². The standard InChI is InChI=1S/C29H59N2O6P/c1-8-10-11-12-13-14-15-16-17-18-19-25(3)20-26(4)21-35-22-27(37-29(32)9-2)23-36-38(33,34)24-28(30-5)31(6)7/h25-27H,8-24H2,1-7H3,(H,33,34). The second kappa shape index (κ2) is 22.8. The monoisotopic (exact) mass is 562 g/mol. The molecule has 9 heteroatoms. The Morgan fingerprint density at radius 3 is 2.00 bits per heavy atom. The molecule has 0 spiro atoms. The van der Waals surface area contributed by atoms with Crippen LogP contribution in [0.15, 0.2) is 4.99 Å². The van der Waals surface area contributed by atoms with Crippen molar-refractivity contribution in [2.45, 2.75) is 117 Å². The van der Waals surface area contributed by atoms with Crippen LogP contribution < -0.4 is 0 Å². The summed E-state index contributed by atoms with van der Waals surface area (Å²) in [6.45, 7) is 8.93. The van der Waals surface area contributed by atoms with E-state index in [1.165, 1.54) is 70.6 Å². The maximum atomic E-state index is 12.5. The zero-order valence-corrected chi connectivity index (χ0v) is 26.5. The summed E-state index contributed by atoms with van der Waals surface area (Å²) >= 11 is 0. The Kier molecular flexibility index (Phi) is 22.3. The van der Waals surface area contributed by atoms with Gasteiger partial charge in [-0.25, -0.2) is 0 Å². The van der Waals surface area contributed by atoms with Gasteiger partial charge >= 0.3 is 13.6 Å². The summed E-state index contributed by atoms with van der Waals surface area (Å²) in [6, 6.07) is 0. The fourth-order valence-corrected chi connectivity index (χ4v) is 5.75. The predicted octanol–water partition coefficient (Wildman–Crippen LogP) is 7.09. The highest BCUT2D eigenvalue weighted by Crippen LogP contribution is 2.42. The lowest BCUT2D eigenvalue weighted by molar-refractivity contribution is -0.154. The second-order valence-electron chi connectivity index (χ2n) is 11.0. The van der Waals surface area contributed by atoms with Crippen LogP contribution in [-0.4, -0.2) is 74.8 Å². The van der Waals surface area contributed by atoms with Gasteiger partial charge in [-0.3, -0.25) is 14.4 Å². The number of hydrogen-bond donors (Lipinski definition) is 1. The molecule has 0 rings (SSSR count). The first-order chi connectivity index (χ1) is 18.0. The van der Waals surface area contributed by atoms with E-state index in [-0.39, 0.29) is 25.8 Å². The molecule has 8 nitrogen and oxygen atoms in total. The summed E-state index contributed by atoms with van der Waals surface area (Å²) in [5.74, 6) is 1.09. The Hall–Kier alpha value is -0.950. The Balaban J connectivity index is 4.27. The number of carbonyl (C=O) groups is 1. The van der Waals surface area contributed by atoms with Crippen LogP contribution >= 0.6 is 7.60 Å². The maximum Gasteiger partial charge on any atom is 0.335 e. The smallest absolute Gasteiger partial charge is 0.335 e. The van der Waals surface area contributed by atoms with Crippen molar-refractivity contribution in [1.82, 2.24) is 4.90 Å². The fraction of sp³-hybridized carbons (Fsp3) is 0.931. The van der Waals surface area contributed by atoms with Gasteiger partial charge in [0.2, 0.25) is 0 Å². The number of ether oxygens (including phenoxy) is 2. The first-order valence-corrected chi connectivity index (χ1v) is 16.7. The molecule has 0 aliphatic heterocycles. The van der Waals surface area contributed by atoms with Crippen molar-refractivity contribution in [3.05, 3.63) is 0 Å². The molecule has 0 radical (unpaired) electrons. The van der Waals surface area contributed by atoms with E-state index < -0.39 is 19.7 Å². The number of rotatable bonds is 24. The molecule has 0 saturated carbocycles. The van der Waals surface area contributed by atoms with Crippen LogP contribution in [0.3, 0.4) is 0 Å². The average Bonchev–Trinajstić information content (AvgIpc) is 2.86. The first-order valence-electron chi connectivity index (χ1n) is 14.9. The van der Waals surface area contributed by atoms with Crippen LogP contribution in [0.4, 0.5) is 0 Å². The first kappa shape index (κ1) is 37.0. The number of unbranched alkanes of at least 4 members (excludes halogenated alkanes) is 9. The Bertz CT molecular complexity index is 673. The van der Waals surface area contributed by atoms with Gasteiger partial charge < -0.3 is 23.8 Å². The molecule has 0 heterocycles. The van der Waals surface area contributed by atoms with Gasteiger partial charge in [0, 0.05) is 34.2 Å². The van der Waals surface area contributed by atoms with Gasteiger partial charge in [-0.1, -0.05) is 98.3 Å². The SMILES string of the molecule is CCCCCCCCCCCCC(C)CC(C)COCC(COP(=O)(O)CC(=NC)N(C)C)OC(=O)CC. The summed E-state index contributed by atoms with van der Waals surface area (Å²) in [7, 11) is 1.13. The van der Waals surface area contributed by atoms with E-state index in [4.69, 9.17) is 14.0 Å². The minimum atomic E-state index is -3.94. The highest BCUT2D eigenvalue weighted by molar-refractivity contribution is 7.53. The molecule has 0 saturated heterocycles. The zero-order chi connectivity index (χ0) is 28.8. The maximum absolute atomic E-state index is 12.5. The van der Waals surface area contributed by atoms with Crippen molar-refractivity contribution in [2.24, 2.45) is 16.8 Å². The fourth-order valence-electron chi connectivity index (χ4n) is 4.48. The topological polar surface area (TPSA) is 97.7 Å². The lowest BCUT2D eigenvalue weighted by atomic mass is 9.93. The van der Waals surface area contributed by atoms with Crippen molar-refractivity contribution in [3.8, 4) is 0 Å². The zero-order valence-electron chi connectivity index (χ0n) is 25.6. The molecule has 0 aliphatic rings. The molecule has 0 aromatic rings. The third-order valence-corrected chi connectivity index (χ3v) is 7.96. The van der Waals surface area contributed by atoms with Crippen molar-refractivity contribution < 1.29 is 28.3 Å². The van der Waals surface area contributed by atoms with Gasteiger partial charge in [-0.2, -0.15) is 0 Å². The number of nitrogens with zero attached hydrogens (tertiary/aromatic N) is 2. The number of aliphatic imine (C=N–C) groups is 1. The van der Waals surface area contributed by atoms with Crippen LogP contribution in [0, 0.1) is 11.8 Å². The predicted molar refractivity (Wildman–Crippen MR) is 158 cm³/mol. The summed E-state index contributed by atoms with van der Waals surface area (Å²) < 4.78 is 29.0. The number of amidine groups is 1. The minimum absolute atomic E-state index is 0.130. The molecule has 38 heavy (non-hydrogen) atoms. The van der Waals surface area contributed by atoms with Gasteiger partial charge in [0.05, 0.1) is 13.2 Å². The quantitative estimate of drug-likeness (QED) is 0.0441. The molecule has 0 aromatic carbocycles. The number of hydrogen-bond acceptors (Lipinski definition) is 6. The van der Waals surface area contributed by atoms with Gasteiger partial charge in [-0.05, 0) is 18.3 Å². The Morgan fingerprint density at radius 2 is 1.47 bits per heavy atom. The van der Waals surface area contributed by atoms with E-state index in [2.05, 4.69) is 25.8 Å². The van der Waals surface area contributed by atoms with Crippen LogP contribution in [0.25, 0.3) is 0 Å². The van der Waals surface area contributed by atoms with Crippen molar-refractivity contribution >= 4 is 19.4 Å². The Morgan fingerprint density at radius 1 is 0.895 bits per heavy atom. The molecule has 4 atom stereocenters. The lowest BCUT2D eigenvalue weighted by Gasteiger charge is -2.23. The van der Waals surface area contributed by atoms with Gasteiger partial charge in [-0.15, -0.1) is 0 Å². The van der Waals surface area contributed by atoms with E-state index in [9.17, 15) is 14.3 Å². The molecule has 226 valence electrons. The van der Waals surface area contributed by atoms with Crippen LogP contribution in [0.5, 0.6) is 0 Å².